The van der Waals surface area contributed by atoms with Crippen molar-refractivity contribution >= 4 is 17.7 Å². The van der Waals surface area contributed by atoms with E-state index in [1.807, 2.05) is 30.5 Å². The van der Waals surface area contributed by atoms with Crippen LogP contribution in [-0.4, -0.2) is 22.3 Å². The summed E-state index contributed by atoms with van der Waals surface area (Å²) in [5.41, 5.74) is 0.865. The zero-order valence-electron chi connectivity index (χ0n) is 9.64. The van der Waals surface area contributed by atoms with Crippen LogP contribution in [0, 0.1) is 0 Å². The third kappa shape index (κ3) is 2.46. The third-order valence-electron chi connectivity index (χ3n) is 2.56. The lowest BCUT2D eigenvalue weighted by Crippen LogP contribution is -2.10. The lowest BCUT2D eigenvalue weighted by Gasteiger charge is -2.06. The molecule has 0 saturated carbocycles. The van der Waals surface area contributed by atoms with Crippen molar-refractivity contribution < 1.29 is 9.90 Å². The summed E-state index contributed by atoms with van der Waals surface area (Å²) < 4.78 is 0. The number of hydrogen-bond acceptors (Lipinski definition) is 3. The fraction of sp³-hybridized carbons (Fsp3) is 0.0769. The molecule has 0 atom stereocenters. The topological polar surface area (TPSA) is 70.2 Å². The standard InChI is InChI=1S/C13H11NO3S/c1-18-9-4-2-8(3-5-9)11-7-14-12(15)6-10(11)13(16)17/h2-7H,1H3,(H,14,15)(H,16,17). The zero-order valence-corrected chi connectivity index (χ0v) is 10.5. The van der Waals surface area contributed by atoms with E-state index in [4.69, 9.17) is 5.11 Å². The number of H-pyrrole nitrogens is 1. The molecule has 0 unspecified atom stereocenters. The smallest absolute Gasteiger partial charge is 0.336 e. The van der Waals surface area contributed by atoms with Gasteiger partial charge >= 0.3 is 5.97 Å². The predicted octanol–water partition coefficient (Wildman–Crippen LogP) is 2.46. The first-order valence-electron chi connectivity index (χ1n) is 5.22. The highest BCUT2D eigenvalue weighted by Crippen LogP contribution is 2.24. The number of pyridine rings is 1. The number of aromatic carboxylic acids is 1. The van der Waals surface area contributed by atoms with E-state index in [-0.39, 0.29) is 5.56 Å². The largest absolute Gasteiger partial charge is 0.478 e. The summed E-state index contributed by atoms with van der Waals surface area (Å²) in [6.45, 7) is 0. The highest BCUT2D eigenvalue weighted by Gasteiger charge is 2.12. The van der Waals surface area contributed by atoms with E-state index < -0.39 is 11.5 Å². The number of benzene rings is 1. The van der Waals surface area contributed by atoms with Crippen LogP contribution in [0.15, 0.2) is 46.2 Å². The van der Waals surface area contributed by atoms with Gasteiger partial charge in [-0.05, 0) is 24.0 Å². The van der Waals surface area contributed by atoms with Crippen molar-refractivity contribution in [3.05, 3.63) is 52.4 Å². The Hall–Kier alpha value is -2.01. The molecule has 2 rings (SSSR count). The molecule has 0 spiro atoms. The number of rotatable bonds is 3. The van der Waals surface area contributed by atoms with Gasteiger partial charge in [-0.3, -0.25) is 4.79 Å². The molecule has 0 amide bonds. The van der Waals surface area contributed by atoms with E-state index in [1.54, 1.807) is 11.8 Å². The molecule has 0 saturated heterocycles. The van der Waals surface area contributed by atoms with Crippen LogP contribution in [0.3, 0.4) is 0 Å². The van der Waals surface area contributed by atoms with Gasteiger partial charge in [0.25, 0.3) is 0 Å². The fourth-order valence-corrected chi connectivity index (χ4v) is 2.07. The van der Waals surface area contributed by atoms with Crippen molar-refractivity contribution in [3.8, 4) is 11.1 Å². The van der Waals surface area contributed by atoms with Crippen LogP contribution in [0.4, 0.5) is 0 Å². The summed E-state index contributed by atoms with van der Waals surface area (Å²) in [5, 5.41) is 9.10. The maximum Gasteiger partial charge on any atom is 0.336 e. The predicted molar refractivity (Wildman–Crippen MR) is 71.2 cm³/mol. The maximum atomic E-state index is 11.2. The number of carboxylic acid groups (broad SMARTS) is 1. The molecule has 2 aromatic rings. The molecule has 0 radical (unpaired) electrons. The second-order valence-corrected chi connectivity index (χ2v) is 4.54. The number of hydrogen-bond donors (Lipinski definition) is 2. The van der Waals surface area contributed by atoms with Crippen molar-refractivity contribution in [1.82, 2.24) is 4.98 Å². The number of aromatic nitrogens is 1. The molecule has 0 aliphatic carbocycles. The molecule has 0 aliphatic rings. The van der Waals surface area contributed by atoms with E-state index in [9.17, 15) is 9.59 Å². The minimum absolute atomic E-state index is 0.00986. The molecular weight excluding hydrogens is 250 g/mol. The number of aromatic amines is 1. The molecule has 2 N–H and O–H groups in total. The van der Waals surface area contributed by atoms with Gasteiger partial charge in [0, 0.05) is 22.7 Å². The lowest BCUT2D eigenvalue weighted by atomic mass is 10.0. The third-order valence-corrected chi connectivity index (χ3v) is 3.30. The molecule has 18 heavy (non-hydrogen) atoms. The van der Waals surface area contributed by atoms with Crippen LogP contribution in [0.1, 0.15) is 10.4 Å². The number of carboxylic acids is 1. The lowest BCUT2D eigenvalue weighted by molar-refractivity contribution is 0.0697. The van der Waals surface area contributed by atoms with Crippen LogP contribution in [-0.2, 0) is 0 Å². The Morgan fingerprint density at radius 3 is 2.50 bits per heavy atom. The monoisotopic (exact) mass is 261 g/mol. The van der Waals surface area contributed by atoms with E-state index in [1.165, 1.54) is 6.20 Å². The van der Waals surface area contributed by atoms with Crippen molar-refractivity contribution in [2.75, 3.05) is 6.26 Å². The molecule has 1 aromatic heterocycles. The van der Waals surface area contributed by atoms with E-state index >= 15 is 0 Å². The summed E-state index contributed by atoms with van der Waals surface area (Å²) in [5.74, 6) is -1.11. The van der Waals surface area contributed by atoms with Crippen molar-refractivity contribution in [3.63, 3.8) is 0 Å². The van der Waals surface area contributed by atoms with Gasteiger partial charge in [-0.1, -0.05) is 12.1 Å². The van der Waals surface area contributed by atoms with E-state index in [0.29, 0.717) is 5.56 Å². The van der Waals surface area contributed by atoms with Crippen LogP contribution in [0.5, 0.6) is 0 Å². The minimum atomic E-state index is -1.11. The number of carbonyl (C=O) groups is 1. The highest BCUT2D eigenvalue weighted by atomic mass is 32.2. The Morgan fingerprint density at radius 1 is 1.28 bits per heavy atom. The first kappa shape index (κ1) is 12.4. The summed E-state index contributed by atoms with van der Waals surface area (Å²) >= 11 is 1.61. The van der Waals surface area contributed by atoms with Crippen molar-refractivity contribution in [2.24, 2.45) is 0 Å². The first-order valence-corrected chi connectivity index (χ1v) is 6.45. The maximum absolute atomic E-state index is 11.2. The fourth-order valence-electron chi connectivity index (χ4n) is 1.66. The van der Waals surface area contributed by atoms with Gasteiger partial charge in [0.2, 0.25) is 5.56 Å². The molecule has 4 nitrogen and oxygen atoms in total. The molecule has 1 heterocycles. The van der Waals surface area contributed by atoms with Gasteiger partial charge in [-0.2, -0.15) is 0 Å². The van der Waals surface area contributed by atoms with Crippen molar-refractivity contribution in [1.29, 1.82) is 0 Å². The average Bonchev–Trinajstić information content (AvgIpc) is 2.39. The zero-order chi connectivity index (χ0) is 13.1. The summed E-state index contributed by atoms with van der Waals surface area (Å²) in [4.78, 5) is 25.9. The first-order chi connectivity index (χ1) is 8.61. The molecular formula is C13H11NO3S. The summed E-state index contributed by atoms with van der Waals surface area (Å²) in [6.07, 6.45) is 3.40. The summed E-state index contributed by atoms with van der Waals surface area (Å²) in [7, 11) is 0. The van der Waals surface area contributed by atoms with Crippen LogP contribution < -0.4 is 5.56 Å². The van der Waals surface area contributed by atoms with Gasteiger partial charge in [0.1, 0.15) is 0 Å². The quantitative estimate of drug-likeness (QED) is 0.833. The number of thioether (sulfide) groups is 1. The Balaban J connectivity index is 2.55. The Kier molecular flexibility index (Phi) is 3.53. The Morgan fingerprint density at radius 2 is 1.94 bits per heavy atom. The van der Waals surface area contributed by atoms with Crippen molar-refractivity contribution in [2.45, 2.75) is 4.90 Å². The second-order valence-electron chi connectivity index (χ2n) is 3.66. The highest BCUT2D eigenvalue weighted by molar-refractivity contribution is 7.98. The van der Waals surface area contributed by atoms with Crippen LogP contribution >= 0.6 is 11.8 Å². The SMILES string of the molecule is CSc1ccc(-c2c[nH]c(=O)cc2C(=O)O)cc1. The van der Waals surface area contributed by atoms with Gasteiger partial charge < -0.3 is 10.1 Å². The molecule has 5 heteroatoms. The molecule has 0 fully saturated rings. The van der Waals surface area contributed by atoms with Gasteiger partial charge in [-0.25, -0.2) is 4.79 Å². The van der Waals surface area contributed by atoms with Crippen LogP contribution in [0.25, 0.3) is 11.1 Å². The molecule has 92 valence electrons. The van der Waals surface area contributed by atoms with Crippen LogP contribution in [0.2, 0.25) is 0 Å². The Bertz CT molecular complexity index is 631. The number of nitrogens with one attached hydrogen (secondary N) is 1. The van der Waals surface area contributed by atoms with E-state index in [0.717, 1.165) is 16.5 Å². The van der Waals surface area contributed by atoms with Gasteiger partial charge in [0.05, 0.1) is 5.56 Å². The minimum Gasteiger partial charge on any atom is -0.478 e. The molecule has 1 aromatic carbocycles. The van der Waals surface area contributed by atoms with Gasteiger partial charge in [0.15, 0.2) is 0 Å². The normalized spacial score (nSPS) is 10.3. The Labute approximate surface area is 108 Å². The molecule has 0 bridgehead atoms. The van der Waals surface area contributed by atoms with E-state index in [2.05, 4.69) is 4.98 Å². The van der Waals surface area contributed by atoms with Gasteiger partial charge in [-0.15, -0.1) is 11.8 Å². The average molecular weight is 261 g/mol. The second kappa shape index (κ2) is 5.10. The summed E-state index contributed by atoms with van der Waals surface area (Å²) in [6, 6.07) is 8.60. The molecule has 0 aliphatic heterocycles.